The van der Waals surface area contributed by atoms with Crippen LogP contribution in [0.3, 0.4) is 0 Å². The van der Waals surface area contributed by atoms with Gasteiger partial charge in [-0.05, 0) is 0 Å². The molecule has 0 radical (unpaired) electrons. The molecule has 0 aromatic rings. The Hall–Kier alpha value is 0.946. The zero-order valence-corrected chi connectivity index (χ0v) is 12.2. The van der Waals surface area contributed by atoms with E-state index in [9.17, 15) is 4.79 Å². The van der Waals surface area contributed by atoms with E-state index < -0.39 is 5.24 Å². The number of halogens is 1. The van der Waals surface area contributed by atoms with Crippen molar-refractivity contribution in [2.45, 2.75) is 6.92 Å². The first-order valence-corrected chi connectivity index (χ1v) is 3.56. The molecule has 0 aliphatic carbocycles. The summed E-state index contributed by atoms with van der Waals surface area (Å²) in [5, 5.41) is -0.637. The predicted octanol–water partition coefficient (Wildman–Crippen LogP) is 1.28. The number of carbonyl (C=O) groups excluding carboxylic acids is 1. The number of rotatable bonds is 3. The molecule has 0 aromatic carbocycles. The van der Waals surface area contributed by atoms with E-state index in [0.29, 0.717) is 0 Å². The Morgan fingerprint density at radius 3 is 2.45 bits per heavy atom. The van der Waals surface area contributed by atoms with Gasteiger partial charge in [0.05, 0.1) is 0 Å². The molecule has 0 spiro atoms. The number of hydrogen-bond acceptors (Lipinski definition) is 1. The largest absolute Gasteiger partial charge is 0 e. The van der Waals surface area contributed by atoms with Crippen molar-refractivity contribution in [1.29, 1.82) is 0 Å². The second-order valence-corrected chi connectivity index (χ2v) is 2.36. The summed E-state index contributed by atoms with van der Waals surface area (Å²) in [6.45, 7) is 6.97. The molecule has 0 heterocycles. The van der Waals surface area contributed by atoms with E-state index in [2.05, 4.69) is 21.7 Å². The van der Waals surface area contributed by atoms with Crippen molar-refractivity contribution in [3.63, 3.8) is 0 Å². The monoisotopic (exact) mass is 429 g/mol. The van der Waals surface area contributed by atoms with Gasteiger partial charge in [-0.25, -0.2) is 0 Å². The van der Waals surface area contributed by atoms with Gasteiger partial charge in [-0.15, -0.1) is 0 Å². The molecule has 0 aliphatic heterocycles. The van der Waals surface area contributed by atoms with Crippen LogP contribution in [0.1, 0.15) is 6.92 Å². The molecule has 0 rings (SSSR count). The average Bonchev–Trinajstić information content (AvgIpc) is 1.87. The van der Waals surface area contributed by atoms with Crippen LogP contribution in [0.4, 0.5) is 0 Å². The summed E-state index contributed by atoms with van der Waals surface area (Å²) in [7, 11) is 0. The summed E-state index contributed by atoms with van der Waals surface area (Å²) in [6.07, 6.45) is 1.47. The van der Waals surface area contributed by atoms with Gasteiger partial charge in [0.1, 0.15) is 0 Å². The molecule has 0 aliphatic rings. The third kappa shape index (κ3) is 7.31. The fourth-order valence-corrected chi connectivity index (χ4v) is 0.478. The zero-order chi connectivity index (χ0) is 8.15. The van der Waals surface area contributed by atoms with Gasteiger partial charge in [0, 0.05) is 31.1 Å². The Kier molecular flexibility index (Phi) is 9.98. The molecule has 0 bridgehead atoms. The Labute approximate surface area is 104 Å². The van der Waals surface area contributed by atoms with E-state index in [-0.39, 0.29) is 36.7 Å². The Bertz CT molecular complexity index is 210. The second kappa shape index (κ2) is 7.59. The van der Waals surface area contributed by atoms with Gasteiger partial charge in [0.2, 0.25) is 0 Å². The van der Waals surface area contributed by atoms with Gasteiger partial charge >= 0.3 is 74.1 Å². The van der Waals surface area contributed by atoms with Gasteiger partial charge in [-0.2, -0.15) is 0 Å². The van der Waals surface area contributed by atoms with Crippen LogP contribution in [-0.2, 0) is 21.8 Å². The second-order valence-electron chi connectivity index (χ2n) is 1.67. The molecule has 0 atom stereocenters. The summed E-state index contributed by atoms with van der Waals surface area (Å²) in [5.41, 5.74) is 0.809. The van der Waals surface area contributed by atoms with Gasteiger partial charge in [-0.3, -0.25) is 0 Å². The minimum atomic E-state index is -0.637. The Morgan fingerprint density at radius 2 is 2.18 bits per heavy atom. The van der Waals surface area contributed by atoms with E-state index >= 15 is 0 Å². The van der Waals surface area contributed by atoms with Crippen LogP contribution in [0.25, 0.3) is 0 Å². The minimum absolute atomic E-state index is 0. The van der Waals surface area contributed by atoms with Gasteiger partial charge in [0.25, 0.3) is 0 Å². The molecule has 0 saturated carbocycles. The topological polar surface area (TPSA) is 17.1 Å². The van der Waals surface area contributed by atoms with E-state index in [0.717, 1.165) is 5.57 Å². The summed E-state index contributed by atoms with van der Waals surface area (Å²) < 4.78 is 2.74. The maximum Gasteiger partial charge on any atom is 0 e. The van der Waals surface area contributed by atoms with Gasteiger partial charge in [-0.1, -0.05) is 0 Å². The van der Waals surface area contributed by atoms with Crippen LogP contribution in [0, 0.1) is 37.7 Å². The predicted molar refractivity (Wildman–Crippen MR) is 37.4 cm³/mol. The molecule has 0 amide bonds. The van der Waals surface area contributed by atoms with Crippen LogP contribution in [0.5, 0.6) is 0 Å². The van der Waals surface area contributed by atoms with E-state index in [4.69, 9.17) is 18.2 Å². The average molecular weight is 430 g/mol. The molecular formula is C7H5ClOUV-2. The number of allylic oxidation sites excluding steroid dienone is 3. The quantitative estimate of drug-likeness (QED) is 0.286. The molecule has 1 nitrogen and oxygen atoms in total. The molecule has 0 saturated heterocycles. The van der Waals surface area contributed by atoms with Crippen LogP contribution in [0.15, 0.2) is 17.2 Å². The molecule has 0 aromatic heterocycles. The van der Waals surface area contributed by atoms with Crippen molar-refractivity contribution < 1.29 is 52.9 Å². The Balaban J connectivity index is 0. The van der Waals surface area contributed by atoms with Gasteiger partial charge < -0.3 is 0 Å². The standard InChI is InChI=1S/C7H5ClO.U.V/c1-5(2)4-6(3)7(8)9;;/h3-4H,1H3;;/q-2;;/b5-4-;;. The minimum Gasteiger partial charge on any atom is 0 e. The van der Waals surface area contributed by atoms with E-state index in [1.54, 1.807) is 6.92 Å². The Morgan fingerprint density at radius 1 is 1.73 bits per heavy atom. The number of carbonyl (C=O) groups is 1. The van der Waals surface area contributed by atoms with Crippen LogP contribution in [0.2, 0.25) is 0 Å². The molecule has 0 N–H and O–H groups in total. The summed E-state index contributed by atoms with van der Waals surface area (Å²) in [5.74, 6) is 0. The molecule has 57 valence electrons. The first-order chi connectivity index (χ1) is 4.57. The first-order valence-electron chi connectivity index (χ1n) is 2.48. The smallest absolute Gasteiger partial charge is 0 e. The maximum atomic E-state index is 10.3. The van der Waals surface area contributed by atoms with Crippen molar-refractivity contribution in [2.24, 2.45) is 0 Å². The fraction of sp³-hybridized carbons (Fsp3) is 0.143. The van der Waals surface area contributed by atoms with Crippen molar-refractivity contribution in [3.8, 4) is 0 Å². The van der Waals surface area contributed by atoms with Crippen LogP contribution < -0.4 is 0 Å². The molecular weight excluding hydrogens is 425 g/mol. The third-order valence-corrected chi connectivity index (χ3v) is 1.54. The summed E-state index contributed by atoms with van der Waals surface area (Å²) in [6, 6.07) is 0. The van der Waals surface area contributed by atoms with Crippen molar-refractivity contribution in [2.75, 3.05) is 0 Å². The van der Waals surface area contributed by atoms with Crippen LogP contribution in [-0.4, -0.2) is 9.97 Å². The molecule has 0 unspecified atom stereocenters. The number of hydrogen-bond donors (Lipinski definition) is 0. The summed E-state index contributed by atoms with van der Waals surface area (Å²) >= 11 is 7.19. The fourth-order valence-electron chi connectivity index (χ4n) is 0.322. The normalized spacial score (nSPS) is 9.73. The third-order valence-electron chi connectivity index (χ3n) is 0.775. The molecule has 4 heteroatoms. The van der Waals surface area contributed by atoms with E-state index in [1.807, 2.05) is 0 Å². The van der Waals surface area contributed by atoms with Crippen molar-refractivity contribution >= 4 is 21.6 Å². The SMILES string of the molecule is [CH-]=C(/C=C(/C)[C-]=[V])C(=O)Cl.[U]. The molecule has 0 fully saturated rings. The summed E-state index contributed by atoms with van der Waals surface area (Å²) in [4.78, 5) is 10.3. The van der Waals surface area contributed by atoms with Crippen molar-refractivity contribution in [1.82, 2.24) is 0 Å². The van der Waals surface area contributed by atoms with Crippen LogP contribution >= 0.6 is 11.6 Å². The first kappa shape index (κ1) is 14.5. The maximum absolute atomic E-state index is 10.3. The van der Waals surface area contributed by atoms with Gasteiger partial charge in [0.15, 0.2) is 0 Å². The molecule has 11 heavy (non-hydrogen) atoms. The zero-order valence-electron chi connectivity index (χ0n) is 5.89. The van der Waals surface area contributed by atoms with E-state index in [1.165, 1.54) is 6.08 Å². The van der Waals surface area contributed by atoms with Crippen molar-refractivity contribution in [3.05, 3.63) is 23.8 Å².